The maximum atomic E-state index is 13.5. The Morgan fingerprint density at radius 3 is 2.69 bits per heavy atom. The molecule has 0 aliphatic carbocycles. The fourth-order valence-electron chi connectivity index (χ4n) is 5.09. The minimum Gasteiger partial charge on any atom is -0.337 e. The van der Waals surface area contributed by atoms with E-state index in [0.717, 1.165) is 42.8 Å². The predicted molar refractivity (Wildman–Crippen MR) is 109 cm³/mol. The number of amides is 1. The zero-order valence-corrected chi connectivity index (χ0v) is 16.2. The molecule has 0 saturated carbocycles. The molecule has 1 amide bonds. The molecule has 1 saturated heterocycles. The highest BCUT2D eigenvalue weighted by atomic mass is 19.1. The highest BCUT2D eigenvalue weighted by Crippen LogP contribution is 2.39. The Hall–Kier alpha value is -2.73. The highest BCUT2D eigenvalue weighted by Gasteiger charge is 2.42. The Bertz CT molecular complexity index is 1030. The Morgan fingerprint density at radius 1 is 1.10 bits per heavy atom. The first-order valence-corrected chi connectivity index (χ1v) is 10.3. The summed E-state index contributed by atoms with van der Waals surface area (Å²) < 4.78 is 14.9. The van der Waals surface area contributed by atoms with E-state index in [1.807, 2.05) is 17.0 Å². The van der Waals surface area contributed by atoms with E-state index < -0.39 is 6.04 Å². The second-order valence-corrected chi connectivity index (χ2v) is 8.23. The van der Waals surface area contributed by atoms with Gasteiger partial charge in [-0.1, -0.05) is 24.3 Å². The second kappa shape index (κ2) is 7.26. The van der Waals surface area contributed by atoms with E-state index in [0.29, 0.717) is 13.1 Å². The third kappa shape index (κ3) is 3.21. The van der Waals surface area contributed by atoms with E-state index >= 15 is 0 Å². The van der Waals surface area contributed by atoms with Crippen LogP contribution in [0.25, 0.3) is 5.57 Å². The highest BCUT2D eigenvalue weighted by molar-refractivity contribution is 5.82. The summed E-state index contributed by atoms with van der Waals surface area (Å²) in [7, 11) is 0. The van der Waals surface area contributed by atoms with Crippen LogP contribution in [0.15, 0.2) is 53.3 Å². The number of nitrogens with zero attached hydrogens (tertiary/aromatic N) is 2. The summed E-state index contributed by atoms with van der Waals surface area (Å²) in [5, 5.41) is 3.44. The number of hydrogen-bond donors (Lipinski definition) is 1. The monoisotopic (exact) mass is 393 g/mol. The Kier molecular flexibility index (Phi) is 4.59. The van der Waals surface area contributed by atoms with Gasteiger partial charge in [0.2, 0.25) is 5.91 Å². The molecule has 150 valence electrons. The maximum Gasteiger partial charge on any atom is 0.251 e. The van der Waals surface area contributed by atoms with Crippen LogP contribution in [-0.4, -0.2) is 41.6 Å². The number of carbonyl (C=O) groups excluding carboxylic acids is 1. The lowest BCUT2D eigenvalue weighted by atomic mass is 9.78. The quantitative estimate of drug-likeness (QED) is 0.853. The standard InChI is InChI=1S/C23H24FN3O2/c24-19-6-4-15(5-7-19)16-8-10-26(11-9-16)23(29)22-18-12-17(13-25-14-18)20-2-1-3-21(28)27(20)22/h1-8,17-18,22,25H,9-14H2/t17-,18+,22-/m1/s1. The zero-order chi connectivity index (χ0) is 20.0. The number of benzene rings is 1. The molecule has 6 heteroatoms. The topological polar surface area (TPSA) is 54.3 Å². The SMILES string of the molecule is O=C([C@H]1[C@@H]2CNC[C@@H](C2)c2cccc(=O)n21)N1CC=C(c2ccc(F)cc2)CC1. The minimum absolute atomic E-state index is 0.0288. The van der Waals surface area contributed by atoms with E-state index in [9.17, 15) is 14.0 Å². The molecule has 0 radical (unpaired) electrons. The van der Waals surface area contributed by atoms with Crippen molar-refractivity contribution in [3.05, 3.63) is 76.0 Å². The van der Waals surface area contributed by atoms with Gasteiger partial charge < -0.3 is 10.2 Å². The first-order valence-electron chi connectivity index (χ1n) is 10.3. The fourth-order valence-corrected chi connectivity index (χ4v) is 5.09. The summed E-state index contributed by atoms with van der Waals surface area (Å²) in [6, 6.07) is 11.4. The fraction of sp³-hybridized carbons (Fsp3) is 0.391. The second-order valence-electron chi connectivity index (χ2n) is 8.23. The van der Waals surface area contributed by atoms with Crippen molar-refractivity contribution in [2.24, 2.45) is 5.92 Å². The number of carbonyl (C=O) groups is 1. The van der Waals surface area contributed by atoms with Crippen molar-refractivity contribution in [3.8, 4) is 0 Å². The molecule has 1 fully saturated rings. The Labute approximate surface area is 168 Å². The van der Waals surface area contributed by atoms with Gasteiger partial charge in [0.1, 0.15) is 11.9 Å². The lowest BCUT2D eigenvalue weighted by molar-refractivity contribution is -0.137. The van der Waals surface area contributed by atoms with Gasteiger partial charge in [-0.3, -0.25) is 14.2 Å². The molecule has 5 nitrogen and oxygen atoms in total. The van der Waals surface area contributed by atoms with Crippen LogP contribution in [0.2, 0.25) is 0 Å². The summed E-state index contributed by atoms with van der Waals surface area (Å²) in [6.07, 6.45) is 3.72. The number of pyridine rings is 1. The Morgan fingerprint density at radius 2 is 1.93 bits per heavy atom. The number of nitrogens with one attached hydrogen (secondary N) is 1. The third-order valence-electron chi connectivity index (χ3n) is 6.54. The van der Waals surface area contributed by atoms with Crippen molar-refractivity contribution in [2.45, 2.75) is 24.8 Å². The number of halogens is 1. The van der Waals surface area contributed by atoms with Crippen LogP contribution in [0.4, 0.5) is 4.39 Å². The predicted octanol–water partition coefficient (Wildman–Crippen LogP) is 2.55. The molecule has 0 spiro atoms. The van der Waals surface area contributed by atoms with Crippen LogP contribution >= 0.6 is 0 Å². The van der Waals surface area contributed by atoms with Crippen LogP contribution in [0.1, 0.15) is 36.1 Å². The van der Waals surface area contributed by atoms with E-state index in [2.05, 4.69) is 5.32 Å². The van der Waals surface area contributed by atoms with Crippen molar-refractivity contribution >= 4 is 11.5 Å². The maximum absolute atomic E-state index is 13.5. The van der Waals surface area contributed by atoms with Crippen LogP contribution < -0.4 is 10.9 Å². The molecule has 1 N–H and O–H groups in total. The summed E-state index contributed by atoms with van der Waals surface area (Å²) >= 11 is 0. The molecule has 3 atom stereocenters. The van der Waals surface area contributed by atoms with Crippen LogP contribution in [0.5, 0.6) is 0 Å². The summed E-state index contributed by atoms with van der Waals surface area (Å²) in [6.45, 7) is 2.74. The van der Waals surface area contributed by atoms with Crippen molar-refractivity contribution in [2.75, 3.05) is 26.2 Å². The molecule has 1 aromatic heterocycles. The lowest BCUT2D eigenvalue weighted by Gasteiger charge is -2.44. The molecule has 2 bridgehead atoms. The number of rotatable bonds is 2. The zero-order valence-electron chi connectivity index (χ0n) is 16.2. The average Bonchev–Trinajstić information content (AvgIpc) is 2.75. The van der Waals surface area contributed by atoms with Gasteiger partial charge in [0.15, 0.2) is 0 Å². The van der Waals surface area contributed by atoms with Gasteiger partial charge in [-0.2, -0.15) is 0 Å². The first-order chi connectivity index (χ1) is 14.1. The molecule has 2 aromatic rings. The van der Waals surface area contributed by atoms with Gasteiger partial charge in [-0.15, -0.1) is 0 Å². The van der Waals surface area contributed by atoms with Gasteiger partial charge in [0.25, 0.3) is 5.56 Å². The number of piperidine rings is 1. The lowest BCUT2D eigenvalue weighted by Crippen LogP contribution is -2.53. The van der Waals surface area contributed by atoms with Gasteiger partial charge >= 0.3 is 0 Å². The molecule has 3 aliphatic rings. The Balaban J connectivity index is 1.42. The molecule has 4 heterocycles. The average molecular weight is 393 g/mol. The van der Waals surface area contributed by atoms with E-state index in [-0.39, 0.29) is 29.1 Å². The van der Waals surface area contributed by atoms with E-state index in [1.165, 1.54) is 12.1 Å². The van der Waals surface area contributed by atoms with Crippen molar-refractivity contribution in [3.63, 3.8) is 0 Å². The van der Waals surface area contributed by atoms with Crippen molar-refractivity contribution in [1.29, 1.82) is 0 Å². The van der Waals surface area contributed by atoms with Crippen LogP contribution in [0.3, 0.4) is 0 Å². The van der Waals surface area contributed by atoms with Crippen molar-refractivity contribution in [1.82, 2.24) is 14.8 Å². The summed E-state index contributed by atoms with van der Waals surface area (Å²) in [5.41, 5.74) is 3.02. The normalized spacial score (nSPS) is 25.9. The van der Waals surface area contributed by atoms with Crippen molar-refractivity contribution < 1.29 is 9.18 Å². The van der Waals surface area contributed by atoms with Gasteiger partial charge in [0.05, 0.1) is 0 Å². The molecule has 5 rings (SSSR count). The van der Waals surface area contributed by atoms with Gasteiger partial charge in [-0.05, 0) is 42.2 Å². The molecular weight excluding hydrogens is 369 g/mol. The summed E-state index contributed by atoms with van der Waals surface area (Å²) in [4.78, 5) is 28.1. The first kappa shape index (κ1) is 18.3. The largest absolute Gasteiger partial charge is 0.337 e. The van der Waals surface area contributed by atoms with Gasteiger partial charge in [-0.25, -0.2) is 4.39 Å². The minimum atomic E-state index is -0.441. The molecule has 1 aromatic carbocycles. The molecule has 0 unspecified atom stereocenters. The number of aromatic nitrogens is 1. The molecule has 3 aliphatic heterocycles. The van der Waals surface area contributed by atoms with Gasteiger partial charge in [0, 0.05) is 49.8 Å². The smallest absolute Gasteiger partial charge is 0.251 e. The number of fused-ring (bicyclic) bond motifs is 4. The van der Waals surface area contributed by atoms with E-state index in [4.69, 9.17) is 0 Å². The molecular formula is C23H24FN3O2. The van der Waals surface area contributed by atoms with Crippen LogP contribution in [-0.2, 0) is 4.79 Å². The number of hydrogen-bond acceptors (Lipinski definition) is 3. The third-order valence-corrected chi connectivity index (χ3v) is 6.54. The van der Waals surface area contributed by atoms with Crippen LogP contribution in [0, 0.1) is 11.7 Å². The molecule has 29 heavy (non-hydrogen) atoms. The van der Waals surface area contributed by atoms with E-state index in [1.54, 1.807) is 28.8 Å². The summed E-state index contributed by atoms with van der Waals surface area (Å²) in [5.74, 6) is 0.207.